The van der Waals surface area contributed by atoms with E-state index in [1.54, 1.807) is 19.2 Å². The van der Waals surface area contributed by atoms with Crippen molar-refractivity contribution in [3.8, 4) is 0 Å². The van der Waals surface area contributed by atoms with Crippen molar-refractivity contribution in [2.24, 2.45) is 0 Å². The summed E-state index contributed by atoms with van der Waals surface area (Å²) >= 11 is 0. The molecule has 2 rings (SSSR count). The van der Waals surface area contributed by atoms with Crippen LogP contribution < -0.4 is 10.2 Å². The molecule has 0 aliphatic heterocycles. The molecule has 2 aromatic carbocycles. The van der Waals surface area contributed by atoms with E-state index in [4.69, 9.17) is 0 Å². The van der Waals surface area contributed by atoms with Crippen LogP contribution in [-0.4, -0.2) is 13.6 Å². The maximum Gasteiger partial charge on any atom is 0.130 e. The van der Waals surface area contributed by atoms with Gasteiger partial charge in [0, 0.05) is 29.5 Å². The first-order valence-electron chi connectivity index (χ1n) is 7.07. The highest BCUT2D eigenvalue weighted by molar-refractivity contribution is 5.67. The number of hydrogen-bond acceptors (Lipinski definition) is 2. The molecular weight excluding hydrogens is 270 g/mol. The van der Waals surface area contributed by atoms with Crippen molar-refractivity contribution in [2.45, 2.75) is 19.9 Å². The van der Waals surface area contributed by atoms with Gasteiger partial charge in [0.15, 0.2) is 0 Å². The lowest BCUT2D eigenvalue weighted by Crippen LogP contribution is -2.22. The molecule has 112 valence electrons. The topological polar surface area (TPSA) is 15.3 Å². The molecule has 4 heteroatoms. The summed E-state index contributed by atoms with van der Waals surface area (Å²) in [6.45, 7) is 4.49. The molecule has 0 amide bonds. The van der Waals surface area contributed by atoms with Gasteiger partial charge in [-0.15, -0.1) is 0 Å². The molecular formula is C17H20F2N2. The van der Waals surface area contributed by atoms with Crippen LogP contribution in [0.1, 0.15) is 25.5 Å². The quantitative estimate of drug-likeness (QED) is 0.878. The molecule has 1 unspecified atom stereocenters. The van der Waals surface area contributed by atoms with E-state index in [2.05, 4.69) is 5.32 Å². The van der Waals surface area contributed by atoms with Gasteiger partial charge in [-0.25, -0.2) is 8.78 Å². The van der Waals surface area contributed by atoms with Gasteiger partial charge < -0.3 is 10.2 Å². The van der Waals surface area contributed by atoms with Crippen LogP contribution in [0.25, 0.3) is 0 Å². The van der Waals surface area contributed by atoms with Gasteiger partial charge in [-0.1, -0.05) is 12.1 Å². The van der Waals surface area contributed by atoms with Crippen LogP contribution in [0.2, 0.25) is 0 Å². The smallest absolute Gasteiger partial charge is 0.130 e. The zero-order valence-electron chi connectivity index (χ0n) is 12.5. The largest absolute Gasteiger partial charge is 0.341 e. The fraction of sp³-hybridized carbons (Fsp3) is 0.294. The van der Waals surface area contributed by atoms with Crippen molar-refractivity contribution in [3.63, 3.8) is 0 Å². The number of rotatable bonds is 5. The first-order chi connectivity index (χ1) is 10.1. The fourth-order valence-electron chi connectivity index (χ4n) is 2.47. The second-order valence-corrected chi connectivity index (χ2v) is 4.91. The van der Waals surface area contributed by atoms with Gasteiger partial charge in [0.05, 0.1) is 0 Å². The van der Waals surface area contributed by atoms with Crippen LogP contribution in [0.15, 0.2) is 42.5 Å². The number of halogens is 2. The first kappa shape index (κ1) is 15.4. The Morgan fingerprint density at radius 1 is 1.14 bits per heavy atom. The van der Waals surface area contributed by atoms with Crippen LogP contribution in [0, 0.1) is 11.6 Å². The summed E-state index contributed by atoms with van der Waals surface area (Å²) in [6.07, 6.45) is 0. The number of hydrogen-bond donors (Lipinski definition) is 1. The van der Waals surface area contributed by atoms with Gasteiger partial charge in [-0.3, -0.25) is 0 Å². The molecule has 0 heterocycles. The highest BCUT2D eigenvalue weighted by atomic mass is 19.1. The molecule has 0 bridgehead atoms. The molecule has 0 radical (unpaired) electrons. The Labute approximate surface area is 124 Å². The van der Waals surface area contributed by atoms with Gasteiger partial charge in [0.2, 0.25) is 0 Å². The summed E-state index contributed by atoms with van der Waals surface area (Å²) in [5, 5.41) is 3.06. The molecule has 0 fully saturated rings. The summed E-state index contributed by atoms with van der Waals surface area (Å²) in [5.41, 5.74) is 2.06. The minimum Gasteiger partial charge on any atom is -0.341 e. The Balaban J connectivity index is 2.55. The van der Waals surface area contributed by atoms with Crippen LogP contribution in [-0.2, 0) is 0 Å². The third-order valence-electron chi connectivity index (χ3n) is 3.62. The van der Waals surface area contributed by atoms with E-state index in [0.717, 1.165) is 5.69 Å². The van der Waals surface area contributed by atoms with Crippen LogP contribution in [0.5, 0.6) is 0 Å². The van der Waals surface area contributed by atoms with E-state index in [9.17, 15) is 8.78 Å². The molecule has 0 aromatic heterocycles. The molecule has 1 atom stereocenters. The molecule has 0 saturated carbocycles. The van der Waals surface area contributed by atoms with Gasteiger partial charge in [0.25, 0.3) is 0 Å². The average molecular weight is 290 g/mol. The molecule has 0 aliphatic rings. The zero-order valence-corrected chi connectivity index (χ0v) is 12.5. The van der Waals surface area contributed by atoms with E-state index < -0.39 is 0 Å². The van der Waals surface area contributed by atoms with E-state index in [1.807, 2.05) is 30.9 Å². The van der Waals surface area contributed by atoms with E-state index in [0.29, 0.717) is 17.8 Å². The normalized spacial score (nSPS) is 12.2. The molecule has 0 aliphatic carbocycles. The summed E-state index contributed by atoms with van der Waals surface area (Å²) in [4.78, 5) is 1.91. The van der Waals surface area contributed by atoms with Gasteiger partial charge in [-0.2, -0.15) is 0 Å². The predicted octanol–water partition coefficient (Wildman–Crippen LogP) is 4.40. The predicted molar refractivity (Wildman–Crippen MR) is 83.0 cm³/mol. The van der Waals surface area contributed by atoms with E-state index >= 15 is 0 Å². The maximum atomic E-state index is 14.2. The lowest BCUT2D eigenvalue weighted by Gasteiger charge is -2.28. The highest BCUT2D eigenvalue weighted by Crippen LogP contribution is 2.33. The maximum absolute atomic E-state index is 14.2. The number of benzene rings is 2. The third kappa shape index (κ3) is 3.22. The Kier molecular flexibility index (Phi) is 4.91. The molecule has 0 spiro atoms. The number of nitrogens with one attached hydrogen (secondary N) is 1. The SMILES string of the molecule is CCN(c1cccc(F)c1)c1cccc(F)c1C(C)NC. The van der Waals surface area contributed by atoms with E-state index in [-0.39, 0.29) is 17.7 Å². The minimum atomic E-state index is -0.300. The second-order valence-electron chi connectivity index (χ2n) is 4.91. The van der Waals surface area contributed by atoms with Crippen molar-refractivity contribution in [3.05, 3.63) is 59.7 Å². The molecule has 1 N–H and O–H groups in total. The lowest BCUT2D eigenvalue weighted by molar-refractivity contribution is 0.561. The molecule has 21 heavy (non-hydrogen) atoms. The zero-order chi connectivity index (χ0) is 15.4. The molecule has 0 saturated heterocycles. The monoisotopic (exact) mass is 290 g/mol. The third-order valence-corrected chi connectivity index (χ3v) is 3.62. The van der Waals surface area contributed by atoms with Crippen LogP contribution in [0.3, 0.4) is 0 Å². The van der Waals surface area contributed by atoms with Gasteiger partial charge in [0.1, 0.15) is 11.6 Å². The van der Waals surface area contributed by atoms with Crippen molar-refractivity contribution in [1.29, 1.82) is 0 Å². The van der Waals surface area contributed by atoms with Crippen molar-refractivity contribution in [1.82, 2.24) is 5.32 Å². The van der Waals surface area contributed by atoms with E-state index in [1.165, 1.54) is 18.2 Å². The fourth-order valence-corrected chi connectivity index (χ4v) is 2.47. The lowest BCUT2D eigenvalue weighted by atomic mass is 10.0. The standard InChI is InChI=1S/C17H20F2N2/c1-4-21(14-8-5-7-13(18)11-14)16-10-6-9-15(19)17(16)12(2)20-3/h5-12,20H,4H2,1-3H3. The Hall–Kier alpha value is -1.94. The van der Waals surface area contributed by atoms with Gasteiger partial charge in [-0.05, 0) is 51.2 Å². The Morgan fingerprint density at radius 3 is 2.48 bits per heavy atom. The Bertz CT molecular complexity index is 613. The highest BCUT2D eigenvalue weighted by Gasteiger charge is 2.19. The summed E-state index contributed by atoms with van der Waals surface area (Å²) in [6, 6.07) is 11.2. The molecule has 2 nitrogen and oxygen atoms in total. The van der Waals surface area contributed by atoms with Crippen molar-refractivity contribution < 1.29 is 8.78 Å². The second kappa shape index (κ2) is 6.68. The minimum absolute atomic E-state index is 0.135. The first-order valence-corrected chi connectivity index (χ1v) is 7.07. The van der Waals surface area contributed by atoms with Crippen molar-refractivity contribution in [2.75, 3.05) is 18.5 Å². The average Bonchev–Trinajstić information content (AvgIpc) is 2.47. The van der Waals surface area contributed by atoms with Gasteiger partial charge >= 0.3 is 0 Å². The molecule has 2 aromatic rings. The summed E-state index contributed by atoms with van der Waals surface area (Å²) in [5.74, 6) is -0.560. The summed E-state index contributed by atoms with van der Waals surface area (Å²) < 4.78 is 27.7. The number of anilines is 2. The number of nitrogens with zero attached hydrogens (tertiary/aromatic N) is 1. The van der Waals surface area contributed by atoms with Crippen LogP contribution >= 0.6 is 0 Å². The summed E-state index contributed by atoms with van der Waals surface area (Å²) in [7, 11) is 1.79. The van der Waals surface area contributed by atoms with Crippen molar-refractivity contribution >= 4 is 11.4 Å². The van der Waals surface area contributed by atoms with Crippen LogP contribution in [0.4, 0.5) is 20.2 Å². The Morgan fingerprint density at radius 2 is 1.86 bits per heavy atom.